The van der Waals surface area contributed by atoms with Gasteiger partial charge in [0.1, 0.15) is 5.60 Å². The quantitative estimate of drug-likeness (QED) is 0.337. The zero-order chi connectivity index (χ0) is 25.5. The summed E-state index contributed by atoms with van der Waals surface area (Å²) in [5.41, 5.74) is -8.06. The van der Waals surface area contributed by atoms with Crippen molar-refractivity contribution in [2.45, 2.75) is 37.3 Å². The Morgan fingerprint density at radius 3 is 2.44 bits per heavy atom. The second-order valence-electron chi connectivity index (χ2n) is 7.45. The number of imide groups is 1. The first-order chi connectivity index (χ1) is 15.7. The molecule has 0 spiro atoms. The Balaban J connectivity index is 2.02. The lowest BCUT2D eigenvalue weighted by Gasteiger charge is -2.29. The number of hydrogen-bond donors (Lipinski definition) is 1. The van der Waals surface area contributed by atoms with Crippen LogP contribution in [-0.4, -0.2) is 53.4 Å². The fourth-order valence-electron chi connectivity index (χ4n) is 3.28. The van der Waals surface area contributed by atoms with Crippen LogP contribution in [0.3, 0.4) is 0 Å². The van der Waals surface area contributed by atoms with E-state index in [4.69, 9.17) is 9.84 Å². The molecule has 1 aliphatic carbocycles. The van der Waals surface area contributed by atoms with Gasteiger partial charge in [-0.1, -0.05) is 18.2 Å². The summed E-state index contributed by atoms with van der Waals surface area (Å²) < 4.78 is 70.5. The van der Waals surface area contributed by atoms with E-state index < -0.39 is 55.6 Å². The molecule has 10 nitrogen and oxygen atoms in total. The molecule has 1 aromatic rings. The van der Waals surface area contributed by atoms with Gasteiger partial charge in [-0.15, -0.1) is 9.35 Å². The minimum absolute atomic E-state index is 0.0105. The zero-order valence-electron chi connectivity index (χ0n) is 17.3. The molecule has 0 radical (unpaired) electrons. The molecule has 1 N–H and O–H groups in total. The van der Waals surface area contributed by atoms with Gasteiger partial charge < -0.3 is 9.84 Å². The number of carbonyl (C=O) groups is 4. The summed E-state index contributed by atoms with van der Waals surface area (Å²) in [4.78, 5) is 48.4. The van der Waals surface area contributed by atoms with E-state index in [1.165, 1.54) is 31.2 Å². The number of carboxylic acids is 1. The monoisotopic (exact) mass is 503 g/mol. The summed E-state index contributed by atoms with van der Waals surface area (Å²) in [5, 5.41) is 8.16. The molecule has 182 valence electrons. The average molecular weight is 503 g/mol. The molecule has 2 aliphatic rings. The maximum Gasteiger partial charge on any atom is 0.525 e. The van der Waals surface area contributed by atoms with Gasteiger partial charge in [0.2, 0.25) is 0 Å². The highest BCUT2D eigenvalue weighted by Gasteiger charge is 2.52. The number of amides is 2. The Labute approximate surface area is 190 Å². The Bertz CT molecular complexity index is 1250. The maximum absolute atomic E-state index is 12.9. The fourth-order valence-corrected chi connectivity index (χ4v) is 3.70. The van der Waals surface area contributed by atoms with Crippen LogP contribution in [0.15, 0.2) is 30.4 Å². The molecule has 0 bridgehead atoms. The largest absolute Gasteiger partial charge is 0.525 e. The second kappa shape index (κ2) is 8.68. The van der Waals surface area contributed by atoms with Gasteiger partial charge in [0, 0.05) is 18.4 Å². The molecule has 34 heavy (non-hydrogen) atoms. The van der Waals surface area contributed by atoms with Gasteiger partial charge in [-0.3, -0.25) is 19.2 Å². The summed E-state index contributed by atoms with van der Waals surface area (Å²) in [6.07, 6.45) is 3.20. The van der Waals surface area contributed by atoms with Crippen molar-refractivity contribution in [3.8, 4) is 0 Å². The average Bonchev–Trinajstić information content (AvgIpc) is 2.86. The third kappa shape index (κ3) is 4.87. The predicted molar refractivity (Wildman–Crippen MR) is 107 cm³/mol. The van der Waals surface area contributed by atoms with Crippen LogP contribution in [0, 0.1) is 0 Å². The normalized spacial score (nSPS) is 19.9. The molecule has 1 aliphatic heterocycles. The maximum atomic E-state index is 12.9. The molecular weight excluding hydrogens is 487 g/mol. The summed E-state index contributed by atoms with van der Waals surface area (Å²) in [7, 11) is -6.36. The number of carbonyl (C=O) groups excluding carboxylic acids is 3. The van der Waals surface area contributed by atoms with Crippen LogP contribution in [0.5, 0.6) is 0 Å². The van der Waals surface area contributed by atoms with Crippen LogP contribution >= 0.6 is 0 Å². The molecule has 1 heterocycles. The molecule has 0 fully saturated rings. The Morgan fingerprint density at radius 2 is 1.82 bits per heavy atom. The molecule has 0 aromatic heterocycles. The first kappa shape index (κ1) is 25.1. The minimum atomic E-state index is -6.36. The van der Waals surface area contributed by atoms with Crippen molar-refractivity contribution in [3.05, 3.63) is 47.0 Å². The number of aliphatic carboxylic acids is 1. The third-order valence-electron chi connectivity index (χ3n) is 4.78. The van der Waals surface area contributed by atoms with Crippen molar-refractivity contribution >= 4 is 45.5 Å². The molecule has 1 atom stereocenters. The summed E-state index contributed by atoms with van der Waals surface area (Å²) in [6.45, 7) is 1.33. The number of halogens is 3. The van der Waals surface area contributed by atoms with Crippen LogP contribution in [-0.2, 0) is 33.5 Å². The van der Waals surface area contributed by atoms with E-state index in [-0.39, 0.29) is 36.0 Å². The van der Waals surface area contributed by atoms with Crippen molar-refractivity contribution in [2.75, 3.05) is 0 Å². The van der Waals surface area contributed by atoms with Gasteiger partial charge in [0.15, 0.2) is 0 Å². The van der Waals surface area contributed by atoms with E-state index in [0.29, 0.717) is 0 Å². The van der Waals surface area contributed by atoms with Crippen LogP contribution < -0.4 is 0 Å². The molecule has 0 saturated heterocycles. The zero-order valence-corrected chi connectivity index (χ0v) is 18.1. The molecular formula is C20H16F3NO9S. The van der Waals surface area contributed by atoms with Crippen LogP contribution in [0.4, 0.5) is 13.2 Å². The van der Waals surface area contributed by atoms with Gasteiger partial charge in [0.25, 0.3) is 11.8 Å². The van der Waals surface area contributed by atoms with Crippen LogP contribution in [0.25, 0.3) is 11.6 Å². The van der Waals surface area contributed by atoms with Crippen molar-refractivity contribution in [3.63, 3.8) is 0 Å². The highest BCUT2D eigenvalue weighted by atomic mass is 32.2. The molecule has 0 saturated carbocycles. The van der Waals surface area contributed by atoms with E-state index >= 15 is 0 Å². The SMILES string of the molecule is CC1(OC(=O)CCCC(=O)O)C=Cc2cccc3c2C(=C1)C(=O)N(OS(=O)(=O)C(F)(F)F)C3=O. The first-order valence-electron chi connectivity index (χ1n) is 9.54. The first-order valence-corrected chi connectivity index (χ1v) is 10.9. The number of benzene rings is 1. The fraction of sp³-hybridized carbons (Fsp3) is 0.300. The summed E-state index contributed by atoms with van der Waals surface area (Å²) in [6, 6.07) is 3.99. The van der Waals surface area contributed by atoms with Crippen molar-refractivity contribution in [1.29, 1.82) is 0 Å². The second-order valence-corrected chi connectivity index (χ2v) is 8.97. The number of esters is 1. The lowest BCUT2D eigenvalue weighted by molar-refractivity contribution is -0.151. The van der Waals surface area contributed by atoms with E-state index in [9.17, 15) is 40.8 Å². The highest BCUT2D eigenvalue weighted by Crippen LogP contribution is 2.38. The van der Waals surface area contributed by atoms with E-state index in [1.54, 1.807) is 0 Å². The topological polar surface area (TPSA) is 144 Å². The van der Waals surface area contributed by atoms with Crippen molar-refractivity contribution < 1.29 is 54.9 Å². The van der Waals surface area contributed by atoms with Crippen LogP contribution in [0.1, 0.15) is 47.7 Å². The summed E-state index contributed by atoms with van der Waals surface area (Å²) >= 11 is 0. The Kier molecular flexibility index (Phi) is 6.41. The molecule has 3 rings (SSSR count). The Morgan fingerprint density at radius 1 is 1.15 bits per heavy atom. The molecule has 1 aromatic carbocycles. The number of ether oxygens (including phenoxy) is 1. The van der Waals surface area contributed by atoms with Gasteiger partial charge in [-0.05, 0) is 37.1 Å². The van der Waals surface area contributed by atoms with Crippen LogP contribution in [0.2, 0.25) is 0 Å². The number of rotatable bonds is 7. The number of hydroxylamine groups is 2. The Hall–Kier alpha value is -3.52. The standard InChI is InChI=1S/C20H16F3NO9S/c1-19(32-15(27)7-3-6-14(25)26)9-8-11-4-2-5-12-16(11)13(10-19)18(29)24(17(12)28)33-34(30,31)20(21,22)23/h2,4-5,8-10H,3,6-7H2,1H3,(H,25,26). The van der Waals surface area contributed by atoms with Gasteiger partial charge in [-0.25, -0.2) is 0 Å². The van der Waals surface area contributed by atoms with Gasteiger partial charge in [0.05, 0.1) is 11.1 Å². The van der Waals surface area contributed by atoms with Gasteiger partial charge >= 0.3 is 27.6 Å². The smallest absolute Gasteiger partial charge is 0.481 e. The highest BCUT2D eigenvalue weighted by molar-refractivity contribution is 7.87. The van der Waals surface area contributed by atoms with E-state index in [1.807, 2.05) is 0 Å². The van der Waals surface area contributed by atoms with Crippen molar-refractivity contribution in [2.24, 2.45) is 0 Å². The molecule has 1 unspecified atom stereocenters. The van der Waals surface area contributed by atoms with E-state index in [0.717, 1.165) is 12.1 Å². The number of hydrogen-bond acceptors (Lipinski definition) is 8. The number of alkyl halides is 3. The predicted octanol–water partition coefficient (Wildman–Crippen LogP) is 2.42. The molecule has 14 heteroatoms. The lowest BCUT2D eigenvalue weighted by atomic mass is 9.90. The van der Waals surface area contributed by atoms with Crippen molar-refractivity contribution in [1.82, 2.24) is 5.06 Å². The lowest BCUT2D eigenvalue weighted by Crippen LogP contribution is -2.45. The van der Waals surface area contributed by atoms with E-state index in [2.05, 4.69) is 4.28 Å². The molecule has 2 amide bonds. The number of carboxylic acid groups (broad SMARTS) is 1. The minimum Gasteiger partial charge on any atom is -0.481 e. The summed E-state index contributed by atoms with van der Waals surface area (Å²) in [5.74, 6) is -4.91. The number of nitrogens with zero attached hydrogens (tertiary/aromatic N) is 1. The third-order valence-corrected chi connectivity index (χ3v) is 5.69. The van der Waals surface area contributed by atoms with Gasteiger partial charge in [-0.2, -0.15) is 21.6 Å².